The van der Waals surface area contributed by atoms with Crippen LogP contribution < -0.4 is 0 Å². The third-order valence-corrected chi connectivity index (χ3v) is 3.83. The maximum atomic E-state index is 2.41. The van der Waals surface area contributed by atoms with Gasteiger partial charge in [-0.3, -0.25) is 0 Å². The molecule has 0 atom stereocenters. The maximum Gasteiger partial charge on any atom is 0.00223 e. The summed E-state index contributed by atoms with van der Waals surface area (Å²) in [5, 5.41) is 1.90. The molecule has 0 aromatic carbocycles. The van der Waals surface area contributed by atoms with Crippen molar-refractivity contribution in [2.75, 3.05) is 0 Å². The first kappa shape index (κ1) is 6.21. The molecule has 1 aliphatic carbocycles. The van der Waals surface area contributed by atoms with E-state index in [4.69, 9.17) is 0 Å². The molecule has 0 amide bonds. The third-order valence-electron chi connectivity index (χ3n) is 1.91. The van der Waals surface area contributed by atoms with Crippen molar-refractivity contribution in [3.8, 4) is 0 Å². The van der Waals surface area contributed by atoms with E-state index in [2.05, 4.69) is 13.1 Å². The van der Waals surface area contributed by atoms with Gasteiger partial charge in [0.25, 0.3) is 0 Å². The molecule has 0 bridgehead atoms. The van der Waals surface area contributed by atoms with Gasteiger partial charge in [-0.15, -0.1) is 0 Å². The van der Waals surface area contributed by atoms with Crippen LogP contribution in [0.2, 0.25) is 13.1 Å². The van der Waals surface area contributed by atoms with E-state index < -0.39 is 0 Å². The fourth-order valence-electron chi connectivity index (χ4n) is 1.30. The van der Waals surface area contributed by atoms with Gasteiger partial charge in [-0.05, 0) is 25.7 Å². The van der Waals surface area contributed by atoms with Crippen molar-refractivity contribution < 1.29 is 0 Å². The summed E-state index contributed by atoms with van der Waals surface area (Å²) in [4.78, 5) is 0. The lowest BCUT2D eigenvalue weighted by Crippen LogP contribution is -2.02. The van der Waals surface area contributed by atoms with Crippen molar-refractivity contribution in [3.63, 3.8) is 0 Å². The minimum atomic E-state index is 0.00437. The van der Waals surface area contributed by atoms with Crippen molar-refractivity contribution in [1.82, 2.24) is 0 Å². The Morgan fingerprint density at radius 2 is 1.62 bits per heavy atom. The second-order valence-corrected chi connectivity index (χ2v) is 5.52. The van der Waals surface area contributed by atoms with E-state index in [1.165, 1.54) is 25.7 Å². The van der Waals surface area contributed by atoms with Crippen LogP contribution in [0.1, 0.15) is 25.7 Å². The van der Waals surface area contributed by atoms with Crippen LogP contribution in [0.3, 0.4) is 0 Å². The molecule has 0 radical (unpaired) electrons. The highest BCUT2D eigenvalue weighted by Crippen LogP contribution is 2.13. The molecule has 1 aliphatic rings. The van der Waals surface area contributed by atoms with E-state index in [9.17, 15) is 0 Å². The second-order valence-electron chi connectivity index (χ2n) is 2.81. The molecular formula is C7H14Si. The molecule has 46 valence electrons. The molecule has 0 saturated heterocycles. The standard InChI is InChI=1S/C7H14Si/c1-8(2)7-5-3-4-6-7/h3-6H2,1-2H3. The first-order chi connectivity index (χ1) is 3.80. The summed E-state index contributed by atoms with van der Waals surface area (Å²) in [6.45, 7) is 4.82. The number of rotatable bonds is 0. The highest BCUT2D eigenvalue weighted by Gasteiger charge is 2.06. The molecule has 0 N–H and O–H groups in total. The van der Waals surface area contributed by atoms with Crippen molar-refractivity contribution >= 4 is 13.6 Å². The van der Waals surface area contributed by atoms with Crippen LogP contribution in [-0.4, -0.2) is 13.6 Å². The van der Waals surface area contributed by atoms with E-state index in [0.29, 0.717) is 0 Å². The van der Waals surface area contributed by atoms with Crippen molar-refractivity contribution in [3.05, 3.63) is 0 Å². The van der Waals surface area contributed by atoms with Crippen molar-refractivity contribution in [2.24, 2.45) is 0 Å². The summed E-state index contributed by atoms with van der Waals surface area (Å²) in [6, 6.07) is 0. The van der Waals surface area contributed by atoms with Gasteiger partial charge in [-0.25, -0.2) is 0 Å². The molecule has 0 nitrogen and oxygen atoms in total. The molecule has 0 heterocycles. The van der Waals surface area contributed by atoms with E-state index in [0.717, 1.165) is 0 Å². The third kappa shape index (κ3) is 1.28. The van der Waals surface area contributed by atoms with Gasteiger partial charge >= 0.3 is 0 Å². The molecule has 0 spiro atoms. The van der Waals surface area contributed by atoms with Gasteiger partial charge in [0.15, 0.2) is 0 Å². The lowest BCUT2D eigenvalue weighted by Gasteiger charge is -1.94. The van der Waals surface area contributed by atoms with Gasteiger partial charge in [-0.2, -0.15) is 0 Å². The zero-order valence-electron chi connectivity index (χ0n) is 5.83. The highest BCUT2D eigenvalue weighted by atomic mass is 28.2. The predicted molar refractivity (Wildman–Crippen MR) is 41.0 cm³/mol. The van der Waals surface area contributed by atoms with Crippen LogP contribution in [0.15, 0.2) is 0 Å². The fourth-order valence-corrected chi connectivity index (χ4v) is 2.66. The van der Waals surface area contributed by atoms with Crippen LogP contribution in [0, 0.1) is 0 Å². The Labute approximate surface area is 53.1 Å². The van der Waals surface area contributed by atoms with E-state index >= 15 is 0 Å². The lowest BCUT2D eigenvalue weighted by atomic mass is 10.4. The predicted octanol–water partition coefficient (Wildman–Crippen LogP) is 2.07. The van der Waals surface area contributed by atoms with E-state index in [-0.39, 0.29) is 8.41 Å². The van der Waals surface area contributed by atoms with Crippen molar-refractivity contribution in [1.29, 1.82) is 0 Å². The van der Waals surface area contributed by atoms with Gasteiger partial charge in [0.1, 0.15) is 0 Å². The lowest BCUT2D eigenvalue weighted by molar-refractivity contribution is 0.886. The minimum Gasteiger partial charge on any atom is -0.0898 e. The smallest absolute Gasteiger partial charge is 0.00223 e. The van der Waals surface area contributed by atoms with Crippen LogP contribution in [0.25, 0.3) is 0 Å². The molecule has 1 fully saturated rings. The summed E-state index contributed by atoms with van der Waals surface area (Å²) in [6.07, 6.45) is 5.87. The average Bonchev–Trinajstić information content (AvgIpc) is 2.12. The summed E-state index contributed by atoms with van der Waals surface area (Å²) in [5.74, 6) is 0. The van der Waals surface area contributed by atoms with Crippen LogP contribution in [0.4, 0.5) is 0 Å². The Balaban J connectivity index is 2.58. The largest absolute Gasteiger partial charge is 0.0898 e. The normalized spacial score (nSPS) is 19.5. The molecule has 8 heavy (non-hydrogen) atoms. The van der Waals surface area contributed by atoms with Crippen LogP contribution >= 0.6 is 0 Å². The Kier molecular flexibility index (Phi) is 2.00. The van der Waals surface area contributed by atoms with E-state index in [1.807, 2.05) is 5.17 Å². The number of hydrogen-bond donors (Lipinski definition) is 0. The molecule has 1 heteroatoms. The summed E-state index contributed by atoms with van der Waals surface area (Å²) in [7, 11) is 0.00437. The van der Waals surface area contributed by atoms with Crippen LogP contribution in [-0.2, 0) is 0 Å². The minimum absolute atomic E-state index is 0.00437. The topological polar surface area (TPSA) is 0 Å². The number of hydrogen-bond acceptors (Lipinski definition) is 0. The molecule has 1 rings (SSSR count). The monoisotopic (exact) mass is 126 g/mol. The van der Waals surface area contributed by atoms with Gasteiger partial charge in [-0.1, -0.05) is 18.3 Å². The SMILES string of the molecule is C[Si](C)=C1CCCC1. The summed E-state index contributed by atoms with van der Waals surface area (Å²) >= 11 is 0. The van der Waals surface area contributed by atoms with Gasteiger partial charge < -0.3 is 0 Å². The molecule has 0 unspecified atom stereocenters. The fraction of sp³-hybridized carbons (Fsp3) is 0.857. The quantitative estimate of drug-likeness (QED) is 0.436. The average molecular weight is 126 g/mol. The molecule has 0 aliphatic heterocycles. The first-order valence-electron chi connectivity index (χ1n) is 3.46. The molecule has 0 aromatic rings. The highest BCUT2D eigenvalue weighted by molar-refractivity contribution is 6.69. The molecule has 1 saturated carbocycles. The summed E-state index contributed by atoms with van der Waals surface area (Å²) < 4.78 is 0. The maximum absolute atomic E-state index is 2.41. The Morgan fingerprint density at radius 3 is 1.88 bits per heavy atom. The van der Waals surface area contributed by atoms with E-state index in [1.54, 1.807) is 0 Å². The zero-order valence-corrected chi connectivity index (χ0v) is 6.83. The Morgan fingerprint density at radius 1 is 1.12 bits per heavy atom. The van der Waals surface area contributed by atoms with Crippen LogP contribution in [0.5, 0.6) is 0 Å². The van der Waals surface area contributed by atoms with Crippen molar-refractivity contribution in [2.45, 2.75) is 38.8 Å². The van der Waals surface area contributed by atoms with Gasteiger partial charge in [0.2, 0.25) is 0 Å². The molecule has 0 aromatic heterocycles. The molecular weight excluding hydrogens is 112 g/mol. The van der Waals surface area contributed by atoms with Gasteiger partial charge in [0, 0.05) is 8.41 Å². The Hall–Kier alpha value is 0.0869. The first-order valence-corrected chi connectivity index (χ1v) is 5.96. The Bertz CT molecular complexity index is 102. The van der Waals surface area contributed by atoms with Gasteiger partial charge in [0.05, 0.1) is 0 Å². The zero-order chi connectivity index (χ0) is 5.98. The summed E-state index contributed by atoms with van der Waals surface area (Å²) in [5.41, 5.74) is 0. The second kappa shape index (κ2) is 2.58.